The van der Waals surface area contributed by atoms with Crippen molar-refractivity contribution in [2.45, 2.75) is 96.2 Å². The second-order valence-electron chi connectivity index (χ2n) is 9.66. The Hall–Kier alpha value is -1.06. The van der Waals surface area contributed by atoms with Crippen LogP contribution in [0.15, 0.2) is 24.3 Å². The monoisotopic (exact) mass is 398 g/mol. The minimum atomic E-state index is 0.779. The first-order valence-corrected chi connectivity index (χ1v) is 12.5. The van der Waals surface area contributed by atoms with Crippen LogP contribution in [0.2, 0.25) is 0 Å². The van der Waals surface area contributed by atoms with Crippen LogP contribution in [-0.4, -0.2) is 48.1 Å². The van der Waals surface area contributed by atoms with Gasteiger partial charge in [-0.2, -0.15) is 0 Å². The fraction of sp³-hybridized carbons (Fsp3) is 0.769. The van der Waals surface area contributed by atoms with E-state index in [9.17, 15) is 0 Å². The van der Waals surface area contributed by atoms with Crippen molar-refractivity contribution in [3.05, 3.63) is 29.8 Å². The predicted molar refractivity (Wildman–Crippen MR) is 121 cm³/mol. The largest absolute Gasteiger partial charge is 0.494 e. The van der Waals surface area contributed by atoms with E-state index in [-0.39, 0.29) is 0 Å². The molecule has 3 aliphatic rings. The van der Waals surface area contributed by atoms with Crippen LogP contribution in [0.5, 0.6) is 5.75 Å². The third kappa shape index (κ3) is 5.55. The van der Waals surface area contributed by atoms with Crippen molar-refractivity contribution in [1.29, 1.82) is 0 Å². The number of fused-ring (bicyclic) bond motifs is 1. The lowest BCUT2D eigenvalue weighted by Gasteiger charge is -2.49. The first-order valence-electron chi connectivity index (χ1n) is 12.5. The summed E-state index contributed by atoms with van der Waals surface area (Å²) in [4.78, 5) is 5.66. The molecule has 2 unspecified atom stereocenters. The maximum absolute atomic E-state index is 5.95. The van der Waals surface area contributed by atoms with Gasteiger partial charge in [0.1, 0.15) is 5.75 Å². The van der Waals surface area contributed by atoms with E-state index in [4.69, 9.17) is 4.74 Å². The smallest absolute Gasteiger partial charge is 0.119 e. The van der Waals surface area contributed by atoms with E-state index >= 15 is 0 Å². The molecule has 29 heavy (non-hydrogen) atoms. The highest BCUT2D eigenvalue weighted by molar-refractivity contribution is 5.27. The van der Waals surface area contributed by atoms with E-state index in [1.807, 2.05) is 0 Å². The van der Waals surface area contributed by atoms with Gasteiger partial charge in [0.2, 0.25) is 0 Å². The number of hydrogen-bond donors (Lipinski definition) is 0. The van der Waals surface area contributed by atoms with Gasteiger partial charge in [-0.3, -0.25) is 9.80 Å². The van der Waals surface area contributed by atoms with Gasteiger partial charge in [-0.15, -0.1) is 0 Å². The average molecular weight is 399 g/mol. The standard InChI is InChI=1S/C26H42N2O/c1-2-3-4-8-20-29-24-15-13-22(14-16-24)21-28-19-18-27-17-9-12-25(27)26(28)23-10-6-5-7-11-23/h13-16,23,25-26H,2-12,17-21H2,1H3. The Morgan fingerprint density at radius 1 is 0.862 bits per heavy atom. The number of piperazine rings is 1. The number of ether oxygens (including phenoxy) is 1. The van der Waals surface area contributed by atoms with E-state index in [2.05, 4.69) is 41.0 Å². The molecule has 2 atom stereocenters. The second-order valence-corrected chi connectivity index (χ2v) is 9.66. The summed E-state index contributed by atoms with van der Waals surface area (Å²) < 4.78 is 5.95. The third-order valence-electron chi connectivity index (χ3n) is 7.61. The van der Waals surface area contributed by atoms with Gasteiger partial charge in [0.15, 0.2) is 0 Å². The lowest BCUT2D eigenvalue weighted by molar-refractivity contribution is -0.00380. The van der Waals surface area contributed by atoms with E-state index in [1.165, 1.54) is 95.8 Å². The van der Waals surface area contributed by atoms with Crippen molar-refractivity contribution in [1.82, 2.24) is 9.80 Å². The molecule has 2 heterocycles. The highest BCUT2D eigenvalue weighted by atomic mass is 16.5. The summed E-state index contributed by atoms with van der Waals surface area (Å²) in [6.07, 6.45) is 15.1. The minimum absolute atomic E-state index is 0.779. The topological polar surface area (TPSA) is 15.7 Å². The molecular formula is C26H42N2O. The van der Waals surface area contributed by atoms with Gasteiger partial charge in [-0.05, 0) is 62.3 Å². The van der Waals surface area contributed by atoms with Gasteiger partial charge in [-0.25, -0.2) is 0 Å². The zero-order valence-corrected chi connectivity index (χ0v) is 18.7. The Morgan fingerprint density at radius 3 is 2.48 bits per heavy atom. The second kappa shape index (κ2) is 10.8. The minimum Gasteiger partial charge on any atom is -0.494 e. The van der Waals surface area contributed by atoms with Crippen molar-refractivity contribution in [2.24, 2.45) is 5.92 Å². The van der Waals surface area contributed by atoms with Crippen LogP contribution in [-0.2, 0) is 6.54 Å². The number of rotatable bonds is 9. The van der Waals surface area contributed by atoms with Gasteiger partial charge in [0, 0.05) is 31.7 Å². The molecule has 2 aliphatic heterocycles. The van der Waals surface area contributed by atoms with Crippen LogP contribution in [0.25, 0.3) is 0 Å². The van der Waals surface area contributed by atoms with Crippen LogP contribution in [0, 0.1) is 5.92 Å². The molecule has 1 aliphatic carbocycles. The average Bonchev–Trinajstić information content (AvgIpc) is 3.24. The predicted octanol–water partition coefficient (Wildman–Crippen LogP) is 5.87. The maximum atomic E-state index is 5.95. The number of nitrogens with zero attached hydrogens (tertiary/aromatic N) is 2. The van der Waals surface area contributed by atoms with Gasteiger partial charge in [-0.1, -0.05) is 57.6 Å². The SMILES string of the molecule is CCCCCCOc1ccc(CN2CCN3CCCC3C2C2CCCCC2)cc1. The van der Waals surface area contributed by atoms with Crippen LogP contribution < -0.4 is 4.74 Å². The zero-order chi connectivity index (χ0) is 19.9. The van der Waals surface area contributed by atoms with Crippen LogP contribution >= 0.6 is 0 Å². The van der Waals surface area contributed by atoms with Crippen molar-refractivity contribution in [3.63, 3.8) is 0 Å². The van der Waals surface area contributed by atoms with E-state index < -0.39 is 0 Å². The normalized spacial score (nSPS) is 26.5. The van der Waals surface area contributed by atoms with Gasteiger partial charge in [0.05, 0.1) is 6.61 Å². The summed E-state index contributed by atoms with van der Waals surface area (Å²) in [5.41, 5.74) is 1.45. The molecule has 3 nitrogen and oxygen atoms in total. The van der Waals surface area contributed by atoms with Gasteiger partial charge >= 0.3 is 0 Å². The molecule has 0 amide bonds. The molecule has 0 spiro atoms. The molecule has 0 N–H and O–H groups in total. The number of hydrogen-bond acceptors (Lipinski definition) is 3. The Balaban J connectivity index is 1.35. The van der Waals surface area contributed by atoms with Crippen LogP contribution in [0.4, 0.5) is 0 Å². The highest BCUT2D eigenvalue weighted by Crippen LogP contribution is 2.38. The molecule has 1 aromatic carbocycles. The first-order chi connectivity index (χ1) is 14.3. The molecular weight excluding hydrogens is 356 g/mol. The molecule has 162 valence electrons. The summed E-state index contributed by atoms with van der Waals surface area (Å²) in [5, 5.41) is 0. The summed E-state index contributed by atoms with van der Waals surface area (Å²) in [5.74, 6) is 1.95. The van der Waals surface area contributed by atoms with Crippen LogP contribution in [0.1, 0.15) is 83.1 Å². The van der Waals surface area contributed by atoms with Gasteiger partial charge < -0.3 is 4.74 Å². The van der Waals surface area contributed by atoms with Crippen molar-refractivity contribution in [3.8, 4) is 5.75 Å². The molecule has 3 heteroatoms. The summed E-state index contributed by atoms with van der Waals surface area (Å²) in [7, 11) is 0. The molecule has 0 aromatic heterocycles. The Bertz CT molecular complexity index is 595. The van der Waals surface area contributed by atoms with E-state index in [0.29, 0.717) is 0 Å². The third-order valence-corrected chi connectivity index (χ3v) is 7.61. The molecule has 1 aromatic rings. The molecule has 2 saturated heterocycles. The van der Waals surface area contributed by atoms with E-state index in [1.54, 1.807) is 0 Å². The fourth-order valence-corrected chi connectivity index (χ4v) is 6.08. The lowest BCUT2D eigenvalue weighted by atomic mass is 9.78. The lowest BCUT2D eigenvalue weighted by Crippen LogP contribution is -2.59. The van der Waals surface area contributed by atoms with Gasteiger partial charge in [0.25, 0.3) is 0 Å². The summed E-state index contributed by atoms with van der Waals surface area (Å²) in [6.45, 7) is 8.08. The van der Waals surface area contributed by atoms with Crippen molar-refractivity contribution < 1.29 is 4.74 Å². The molecule has 0 radical (unpaired) electrons. The quantitative estimate of drug-likeness (QED) is 0.484. The Morgan fingerprint density at radius 2 is 1.69 bits per heavy atom. The Kier molecular flexibility index (Phi) is 7.90. The first kappa shape index (κ1) is 21.2. The molecule has 0 bridgehead atoms. The fourth-order valence-electron chi connectivity index (χ4n) is 6.08. The maximum Gasteiger partial charge on any atom is 0.119 e. The molecule has 1 saturated carbocycles. The van der Waals surface area contributed by atoms with E-state index in [0.717, 1.165) is 36.9 Å². The van der Waals surface area contributed by atoms with Crippen molar-refractivity contribution in [2.75, 3.05) is 26.2 Å². The highest BCUT2D eigenvalue weighted by Gasteiger charge is 2.42. The molecule has 4 rings (SSSR count). The summed E-state index contributed by atoms with van der Waals surface area (Å²) >= 11 is 0. The van der Waals surface area contributed by atoms with Crippen LogP contribution in [0.3, 0.4) is 0 Å². The number of benzene rings is 1. The molecule has 3 fully saturated rings. The summed E-state index contributed by atoms with van der Waals surface area (Å²) in [6, 6.07) is 10.6. The zero-order valence-electron chi connectivity index (χ0n) is 18.7. The number of unbranched alkanes of at least 4 members (excludes halogenated alkanes) is 3. The van der Waals surface area contributed by atoms with Crippen molar-refractivity contribution >= 4 is 0 Å². The Labute approximate surface area is 178 Å².